The normalized spacial score (nSPS) is 15.4. The number of nitrogens with zero attached hydrogens (tertiary/aromatic N) is 4. The fourth-order valence-corrected chi connectivity index (χ4v) is 6.77. The average molecular weight is 661 g/mol. The van der Waals surface area contributed by atoms with Gasteiger partial charge in [-0.1, -0.05) is 29.4 Å². The Labute approximate surface area is 280 Å². The number of hydrogen-bond acceptors (Lipinski definition) is 10. The van der Waals surface area contributed by atoms with Gasteiger partial charge in [-0.3, -0.25) is 39.1 Å². The molecule has 1 aromatic heterocycles. The van der Waals surface area contributed by atoms with Gasteiger partial charge in [-0.15, -0.1) is 0 Å². The number of nitrogens with one attached hydrogen (secondary N) is 2. The number of hydrogen-bond donors (Lipinski definition) is 2. The molecule has 2 aliphatic rings. The van der Waals surface area contributed by atoms with Gasteiger partial charge in [0.2, 0.25) is 0 Å². The summed E-state index contributed by atoms with van der Waals surface area (Å²) >= 11 is 0. The van der Waals surface area contributed by atoms with Gasteiger partial charge in [0.15, 0.2) is 5.76 Å². The lowest BCUT2D eigenvalue weighted by molar-refractivity contribution is -0.384. The number of nitro groups is 1. The van der Waals surface area contributed by atoms with Crippen molar-refractivity contribution < 1.29 is 28.6 Å². The van der Waals surface area contributed by atoms with Gasteiger partial charge >= 0.3 is 0 Å². The van der Waals surface area contributed by atoms with E-state index in [9.17, 15) is 29.3 Å². The third kappa shape index (κ3) is 5.42. The lowest BCUT2D eigenvalue weighted by Crippen LogP contribution is -2.51. The summed E-state index contributed by atoms with van der Waals surface area (Å²) in [7, 11) is 0. The number of benzene rings is 4. The highest BCUT2D eigenvalue weighted by Gasteiger charge is 2.38. The molecule has 0 bridgehead atoms. The number of rotatable bonds is 11. The van der Waals surface area contributed by atoms with Crippen molar-refractivity contribution in [3.63, 3.8) is 0 Å². The summed E-state index contributed by atoms with van der Waals surface area (Å²) in [5.41, 5.74) is 2.55. The summed E-state index contributed by atoms with van der Waals surface area (Å²) in [5.74, 6) is -1.23. The van der Waals surface area contributed by atoms with Gasteiger partial charge < -0.3 is 15.2 Å². The van der Waals surface area contributed by atoms with Crippen molar-refractivity contribution in [2.24, 2.45) is 0 Å². The average Bonchev–Trinajstić information content (AvgIpc) is 3.53. The van der Waals surface area contributed by atoms with Crippen molar-refractivity contribution in [2.75, 3.05) is 26.2 Å². The van der Waals surface area contributed by atoms with Crippen LogP contribution in [-0.2, 0) is 0 Å². The summed E-state index contributed by atoms with van der Waals surface area (Å²) in [6, 6.07) is 17.3. The van der Waals surface area contributed by atoms with Crippen LogP contribution in [0.5, 0.6) is 0 Å². The Morgan fingerprint density at radius 1 is 0.735 bits per heavy atom. The van der Waals surface area contributed by atoms with Gasteiger partial charge in [0, 0.05) is 89.5 Å². The molecule has 5 aromatic rings. The first kappa shape index (κ1) is 31.8. The van der Waals surface area contributed by atoms with Gasteiger partial charge in [0.1, 0.15) is 0 Å². The maximum Gasteiger partial charge on any atom is 0.270 e. The van der Waals surface area contributed by atoms with E-state index in [2.05, 4.69) is 15.8 Å². The number of aryl methyl sites for hydroxylation is 1. The molecule has 7 rings (SSSR count). The van der Waals surface area contributed by atoms with Crippen molar-refractivity contribution in [1.29, 1.82) is 0 Å². The third-order valence-corrected chi connectivity index (χ3v) is 9.10. The minimum absolute atomic E-state index is 0.131. The molecule has 2 atom stereocenters. The Bertz CT molecular complexity index is 2230. The zero-order chi connectivity index (χ0) is 34.6. The monoisotopic (exact) mass is 660 g/mol. The third-order valence-electron chi connectivity index (χ3n) is 9.10. The number of carbonyl (C=O) groups excluding carboxylic acids is 4. The van der Waals surface area contributed by atoms with E-state index in [0.717, 1.165) is 16.0 Å². The predicted molar refractivity (Wildman–Crippen MR) is 180 cm³/mol. The molecule has 0 saturated heterocycles. The molecule has 3 heterocycles. The van der Waals surface area contributed by atoms with Crippen LogP contribution in [0.25, 0.3) is 32.9 Å². The Balaban J connectivity index is 0.970. The second-order valence-electron chi connectivity index (χ2n) is 12.5. The van der Waals surface area contributed by atoms with Crippen molar-refractivity contribution >= 4 is 50.9 Å². The van der Waals surface area contributed by atoms with E-state index in [0.29, 0.717) is 63.8 Å². The summed E-state index contributed by atoms with van der Waals surface area (Å²) in [5, 5.41) is 24.3. The SMILES string of the molecule is Cc1cc(-c2cc3c4c(cccc4c2)C(=O)N([C@@H](C)CNCCNC[C@@H](C)N2C(=O)c4cccc5cc([N+](=O)[O-])cc(c45)C2=O)C3=O)on1. The highest BCUT2D eigenvalue weighted by Crippen LogP contribution is 2.36. The number of imide groups is 2. The van der Waals surface area contributed by atoms with E-state index < -0.39 is 28.8 Å². The van der Waals surface area contributed by atoms with E-state index in [1.807, 2.05) is 26.0 Å². The summed E-state index contributed by atoms with van der Waals surface area (Å²) in [6.45, 7) is 6.93. The van der Waals surface area contributed by atoms with Gasteiger partial charge in [-0.25, -0.2) is 0 Å². The lowest BCUT2D eigenvalue weighted by Gasteiger charge is -2.32. The van der Waals surface area contributed by atoms with Crippen LogP contribution < -0.4 is 10.6 Å². The van der Waals surface area contributed by atoms with Crippen LogP contribution in [0.15, 0.2) is 71.3 Å². The molecule has 2 aliphatic heterocycles. The van der Waals surface area contributed by atoms with Crippen molar-refractivity contribution in [2.45, 2.75) is 32.9 Å². The molecule has 0 spiro atoms. The van der Waals surface area contributed by atoms with Gasteiger partial charge in [0.25, 0.3) is 29.3 Å². The molecule has 4 aromatic carbocycles. The first-order valence-corrected chi connectivity index (χ1v) is 15.9. The number of non-ortho nitro benzene ring substituents is 1. The fourth-order valence-electron chi connectivity index (χ4n) is 6.77. The fraction of sp³-hybridized carbons (Fsp3) is 0.250. The predicted octanol–water partition coefficient (Wildman–Crippen LogP) is 4.71. The molecular formula is C36H32N6O7. The van der Waals surface area contributed by atoms with E-state index in [4.69, 9.17) is 4.52 Å². The van der Waals surface area contributed by atoms with Gasteiger partial charge in [0.05, 0.1) is 16.2 Å². The number of carbonyl (C=O) groups is 4. The van der Waals surface area contributed by atoms with Crippen molar-refractivity contribution in [3.8, 4) is 11.3 Å². The van der Waals surface area contributed by atoms with E-state index in [1.54, 1.807) is 49.4 Å². The smallest absolute Gasteiger partial charge is 0.270 e. The van der Waals surface area contributed by atoms with Gasteiger partial charge in [-0.05, 0) is 55.8 Å². The van der Waals surface area contributed by atoms with Crippen LogP contribution in [0.2, 0.25) is 0 Å². The van der Waals surface area contributed by atoms with Crippen LogP contribution in [0.1, 0.15) is 61.0 Å². The minimum Gasteiger partial charge on any atom is -0.356 e. The maximum absolute atomic E-state index is 13.8. The first-order chi connectivity index (χ1) is 23.5. The Kier molecular flexibility index (Phi) is 8.01. The first-order valence-electron chi connectivity index (χ1n) is 15.9. The van der Waals surface area contributed by atoms with Crippen molar-refractivity contribution in [3.05, 3.63) is 105 Å². The molecule has 0 fully saturated rings. The lowest BCUT2D eigenvalue weighted by atomic mass is 9.91. The van der Waals surface area contributed by atoms with E-state index in [1.165, 1.54) is 17.0 Å². The second-order valence-corrected chi connectivity index (χ2v) is 12.5. The molecule has 2 N–H and O–H groups in total. The summed E-state index contributed by atoms with van der Waals surface area (Å²) in [4.78, 5) is 67.5. The second kappa shape index (κ2) is 12.3. The molecule has 0 unspecified atom stereocenters. The molecule has 248 valence electrons. The van der Waals surface area contributed by atoms with Crippen LogP contribution in [0.4, 0.5) is 5.69 Å². The molecule has 0 aliphatic carbocycles. The van der Waals surface area contributed by atoms with Gasteiger partial charge in [-0.2, -0.15) is 0 Å². The molecule has 0 radical (unpaired) electrons. The standard InChI is InChI=1S/C36H32N6O7/c1-19-12-30(49-39-19)24-13-22-6-4-8-26-31(22)28(15-24)35(45)40(33(26)43)20(2)17-37-10-11-38-18-21(3)41-34(44)27-9-5-7-23-14-25(42(47)48)16-29(32(23)27)36(41)46/h4-9,12-16,20-21,37-38H,10-11,17-18H2,1-3H3/t20-,21+/m0/s1. The molecule has 0 saturated carbocycles. The molecule has 4 amide bonds. The molecule has 13 heteroatoms. The highest BCUT2D eigenvalue weighted by atomic mass is 16.6. The number of aromatic nitrogens is 1. The van der Waals surface area contributed by atoms with Crippen LogP contribution in [0, 0.1) is 17.0 Å². The number of nitro benzene ring substituents is 1. The van der Waals surface area contributed by atoms with E-state index in [-0.39, 0.29) is 29.6 Å². The van der Waals surface area contributed by atoms with E-state index >= 15 is 0 Å². The Morgan fingerprint density at radius 2 is 1.24 bits per heavy atom. The van der Waals surface area contributed by atoms with Crippen LogP contribution in [-0.4, -0.2) is 81.8 Å². The molecular weight excluding hydrogens is 628 g/mol. The zero-order valence-corrected chi connectivity index (χ0v) is 27.0. The maximum atomic E-state index is 13.8. The minimum atomic E-state index is -0.574. The summed E-state index contributed by atoms with van der Waals surface area (Å²) < 4.78 is 5.44. The van der Waals surface area contributed by atoms with Crippen LogP contribution in [0.3, 0.4) is 0 Å². The summed E-state index contributed by atoms with van der Waals surface area (Å²) in [6.07, 6.45) is 0. The van der Waals surface area contributed by atoms with Crippen molar-refractivity contribution in [1.82, 2.24) is 25.6 Å². The molecule has 49 heavy (non-hydrogen) atoms. The number of amides is 4. The highest BCUT2D eigenvalue weighted by molar-refractivity contribution is 6.27. The largest absolute Gasteiger partial charge is 0.356 e. The zero-order valence-electron chi connectivity index (χ0n) is 27.0. The molecule has 13 nitrogen and oxygen atoms in total. The Morgan fingerprint density at radius 3 is 1.76 bits per heavy atom. The quantitative estimate of drug-likeness (QED) is 0.0876. The topological polar surface area (TPSA) is 168 Å². The Hall–Kier alpha value is -5.79. The van der Waals surface area contributed by atoms with Crippen LogP contribution >= 0.6 is 0 Å².